The van der Waals surface area contributed by atoms with E-state index in [4.69, 9.17) is 4.74 Å². The summed E-state index contributed by atoms with van der Waals surface area (Å²) in [5.41, 5.74) is 0. The third-order valence-corrected chi connectivity index (χ3v) is 5.87. The zero-order valence-corrected chi connectivity index (χ0v) is 18.1. The number of rotatable bonds is 7. The van der Waals surface area contributed by atoms with E-state index in [1.165, 1.54) is 43.5 Å². The molecule has 0 bridgehead atoms. The molecule has 2 aliphatic rings. The Kier molecular flexibility index (Phi) is 7.90. The molecule has 3 rings (SSSR count). The largest absolute Gasteiger partial charge is 0.484 e. The molecule has 2 heterocycles. The van der Waals surface area contributed by atoms with Crippen LogP contribution in [-0.4, -0.2) is 97.6 Å². The van der Waals surface area contributed by atoms with E-state index in [-0.39, 0.29) is 30.4 Å². The van der Waals surface area contributed by atoms with Crippen LogP contribution in [0.25, 0.3) is 0 Å². The molecule has 30 heavy (non-hydrogen) atoms. The molecule has 1 unspecified atom stereocenters. The molecule has 2 aliphatic heterocycles. The van der Waals surface area contributed by atoms with Crippen LogP contribution in [0.3, 0.4) is 0 Å². The first-order valence-corrected chi connectivity index (χ1v) is 10.8. The topological polar surface area (TPSA) is 56.3 Å². The number of nitrogens with zero attached hydrogens (tertiary/aromatic N) is 4. The molecule has 0 spiro atoms. The summed E-state index contributed by atoms with van der Waals surface area (Å²) in [6.07, 6.45) is 4.50. The van der Waals surface area contributed by atoms with Gasteiger partial charge in [0, 0.05) is 40.3 Å². The first-order chi connectivity index (χ1) is 14.4. The molecule has 1 aromatic carbocycles. The van der Waals surface area contributed by atoms with Gasteiger partial charge >= 0.3 is 6.03 Å². The Labute approximate surface area is 178 Å². The predicted octanol–water partition coefficient (Wildman–Crippen LogP) is 2.27. The number of amides is 3. The molecule has 8 heteroatoms. The van der Waals surface area contributed by atoms with Crippen molar-refractivity contribution < 1.29 is 18.7 Å². The second-order valence-electron chi connectivity index (χ2n) is 8.30. The third kappa shape index (κ3) is 6.08. The summed E-state index contributed by atoms with van der Waals surface area (Å²) in [6.45, 7) is 4.78. The van der Waals surface area contributed by atoms with Crippen LogP contribution in [0, 0.1) is 5.82 Å². The summed E-state index contributed by atoms with van der Waals surface area (Å²) < 4.78 is 18.5. The van der Waals surface area contributed by atoms with E-state index in [2.05, 4.69) is 4.90 Å². The van der Waals surface area contributed by atoms with Gasteiger partial charge in [0.05, 0.1) is 6.04 Å². The van der Waals surface area contributed by atoms with E-state index < -0.39 is 0 Å². The van der Waals surface area contributed by atoms with Crippen LogP contribution in [0.4, 0.5) is 9.18 Å². The van der Waals surface area contributed by atoms with E-state index in [9.17, 15) is 14.0 Å². The Hall–Kier alpha value is -2.35. The van der Waals surface area contributed by atoms with Crippen molar-refractivity contribution in [3.8, 4) is 5.75 Å². The van der Waals surface area contributed by atoms with E-state index in [1.807, 2.05) is 4.90 Å². The lowest BCUT2D eigenvalue weighted by Gasteiger charge is -2.34. The summed E-state index contributed by atoms with van der Waals surface area (Å²) >= 11 is 0. The van der Waals surface area contributed by atoms with Gasteiger partial charge in [-0.25, -0.2) is 9.18 Å². The maximum Gasteiger partial charge on any atom is 0.319 e. The minimum Gasteiger partial charge on any atom is -0.484 e. The Morgan fingerprint density at radius 2 is 1.80 bits per heavy atom. The van der Waals surface area contributed by atoms with E-state index in [1.54, 1.807) is 23.9 Å². The van der Waals surface area contributed by atoms with Crippen molar-refractivity contribution in [2.24, 2.45) is 0 Å². The highest BCUT2D eigenvalue weighted by molar-refractivity contribution is 5.78. The minimum atomic E-state index is -0.341. The van der Waals surface area contributed by atoms with E-state index in [0.29, 0.717) is 25.4 Å². The van der Waals surface area contributed by atoms with Gasteiger partial charge in [-0.1, -0.05) is 6.42 Å². The van der Waals surface area contributed by atoms with E-state index in [0.717, 1.165) is 26.1 Å². The van der Waals surface area contributed by atoms with Crippen molar-refractivity contribution in [3.05, 3.63) is 30.1 Å². The number of ether oxygens (including phenoxy) is 1. The summed E-state index contributed by atoms with van der Waals surface area (Å²) in [5.74, 6) is 0.00723. The summed E-state index contributed by atoms with van der Waals surface area (Å²) in [6, 6.07) is 5.63. The van der Waals surface area contributed by atoms with Crippen molar-refractivity contribution in [1.29, 1.82) is 0 Å². The van der Waals surface area contributed by atoms with Crippen LogP contribution < -0.4 is 4.74 Å². The second kappa shape index (κ2) is 10.6. The molecule has 166 valence electrons. The lowest BCUT2D eigenvalue weighted by atomic mass is 10.1. The highest BCUT2D eigenvalue weighted by atomic mass is 19.1. The summed E-state index contributed by atoms with van der Waals surface area (Å²) in [4.78, 5) is 33.1. The van der Waals surface area contributed by atoms with Gasteiger partial charge in [0.1, 0.15) is 11.6 Å². The first-order valence-electron chi connectivity index (χ1n) is 10.8. The van der Waals surface area contributed by atoms with Crippen LogP contribution >= 0.6 is 0 Å². The maximum absolute atomic E-state index is 13.0. The van der Waals surface area contributed by atoms with Gasteiger partial charge in [-0.2, -0.15) is 0 Å². The molecule has 7 nitrogen and oxygen atoms in total. The number of urea groups is 1. The van der Waals surface area contributed by atoms with Gasteiger partial charge < -0.3 is 24.3 Å². The highest BCUT2D eigenvalue weighted by Gasteiger charge is 2.33. The average molecular weight is 421 g/mol. The SMILES string of the molecule is CN(C)C(=O)N(CCN1CCCCC1)C1CCN(C(=O)COc2ccc(F)cc2)C1. The fourth-order valence-corrected chi connectivity index (χ4v) is 4.11. The molecule has 0 radical (unpaired) electrons. The molecule has 0 aromatic heterocycles. The molecule has 2 saturated heterocycles. The molecular weight excluding hydrogens is 387 g/mol. The zero-order chi connectivity index (χ0) is 21.5. The van der Waals surface area contributed by atoms with Gasteiger partial charge in [-0.05, 0) is 56.6 Å². The van der Waals surface area contributed by atoms with Crippen LogP contribution in [0.1, 0.15) is 25.7 Å². The first kappa shape index (κ1) is 22.3. The normalized spacial score (nSPS) is 19.6. The lowest BCUT2D eigenvalue weighted by Crippen LogP contribution is -2.50. The monoisotopic (exact) mass is 420 g/mol. The Bertz CT molecular complexity index is 707. The van der Waals surface area contributed by atoms with Crippen molar-refractivity contribution >= 4 is 11.9 Å². The number of benzene rings is 1. The van der Waals surface area contributed by atoms with Crippen LogP contribution in [-0.2, 0) is 4.79 Å². The van der Waals surface area contributed by atoms with Crippen molar-refractivity contribution in [2.45, 2.75) is 31.7 Å². The third-order valence-electron chi connectivity index (χ3n) is 5.87. The molecule has 2 fully saturated rings. The fourth-order valence-electron chi connectivity index (χ4n) is 4.11. The van der Waals surface area contributed by atoms with Gasteiger partial charge in [-0.15, -0.1) is 0 Å². The average Bonchev–Trinajstić information content (AvgIpc) is 3.24. The Morgan fingerprint density at radius 3 is 2.47 bits per heavy atom. The number of carbonyl (C=O) groups is 2. The van der Waals surface area contributed by atoms with Gasteiger partial charge in [0.25, 0.3) is 5.91 Å². The predicted molar refractivity (Wildman–Crippen MR) is 113 cm³/mol. The smallest absolute Gasteiger partial charge is 0.319 e. The number of carbonyl (C=O) groups excluding carboxylic acids is 2. The molecule has 1 aromatic rings. The number of hydrogen-bond acceptors (Lipinski definition) is 4. The maximum atomic E-state index is 13.0. The Morgan fingerprint density at radius 1 is 1.10 bits per heavy atom. The van der Waals surface area contributed by atoms with Gasteiger partial charge in [0.15, 0.2) is 6.61 Å². The molecule has 0 saturated carbocycles. The molecular formula is C22H33FN4O3. The number of likely N-dealkylation sites (tertiary alicyclic amines) is 2. The minimum absolute atomic E-state index is 0.00568. The standard InChI is InChI=1S/C22H33FN4O3/c1-24(2)22(29)27(15-14-25-11-4-3-5-12-25)19-10-13-26(16-19)21(28)17-30-20-8-6-18(23)7-9-20/h6-9,19H,3-5,10-17H2,1-2H3. The molecule has 0 aliphatic carbocycles. The summed E-state index contributed by atoms with van der Waals surface area (Å²) in [5, 5.41) is 0. The zero-order valence-electron chi connectivity index (χ0n) is 18.1. The van der Waals surface area contributed by atoms with Crippen LogP contribution in [0.5, 0.6) is 5.75 Å². The van der Waals surface area contributed by atoms with Gasteiger partial charge in [-0.3, -0.25) is 4.79 Å². The number of halogens is 1. The quantitative estimate of drug-likeness (QED) is 0.679. The number of piperidine rings is 1. The van der Waals surface area contributed by atoms with Crippen LogP contribution in [0.15, 0.2) is 24.3 Å². The van der Waals surface area contributed by atoms with Crippen molar-refractivity contribution in [1.82, 2.24) is 19.6 Å². The lowest BCUT2D eigenvalue weighted by molar-refractivity contribution is -0.132. The van der Waals surface area contributed by atoms with Crippen LogP contribution in [0.2, 0.25) is 0 Å². The Balaban J connectivity index is 1.52. The van der Waals surface area contributed by atoms with E-state index >= 15 is 0 Å². The molecule has 1 atom stereocenters. The summed E-state index contributed by atoms with van der Waals surface area (Å²) in [7, 11) is 3.54. The highest BCUT2D eigenvalue weighted by Crippen LogP contribution is 2.19. The molecule has 0 N–H and O–H groups in total. The van der Waals surface area contributed by atoms with Crippen molar-refractivity contribution in [3.63, 3.8) is 0 Å². The molecule has 3 amide bonds. The second-order valence-corrected chi connectivity index (χ2v) is 8.30. The number of hydrogen-bond donors (Lipinski definition) is 0. The fraction of sp³-hybridized carbons (Fsp3) is 0.636. The van der Waals surface area contributed by atoms with Crippen molar-refractivity contribution in [2.75, 3.05) is 60.0 Å². The van der Waals surface area contributed by atoms with Gasteiger partial charge in [0.2, 0.25) is 0 Å².